The van der Waals surface area contributed by atoms with Crippen LogP contribution in [0.25, 0.3) is 5.69 Å². The summed E-state index contributed by atoms with van der Waals surface area (Å²) in [6, 6.07) is 17.1. The summed E-state index contributed by atoms with van der Waals surface area (Å²) in [5, 5.41) is 7.72. The van der Waals surface area contributed by atoms with Crippen molar-refractivity contribution in [1.29, 1.82) is 0 Å². The highest BCUT2D eigenvalue weighted by Crippen LogP contribution is 2.27. The summed E-state index contributed by atoms with van der Waals surface area (Å²) in [6.07, 6.45) is 5.41. The monoisotopic (exact) mass is 541 g/mol. The zero-order valence-corrected chi connectivity index (χ0v) is 22.7. The second-order valence-corrected chi connectivity index (χ2v) is 10.1. The van der Waals surface area contributed by atoms with Crippen molar-refractivity contribution in [3.8, 4) is 5.69 Å². The third-order valence-electron chi connectivity index (χ3n) is 7.14. The van der Waals surface area contributed by atoms with Crippen molar-refractivity contribution in [3.63, 3.8) is 0 Å². The molecule has 0 atom stereocenters. The molecule has 40 heavy (non-hydrogen) atoms. The molecule has 5 rings (SSSR count). The van der Waals surface area contributed by atoms with E-state index in [1.807, 2.05) is 12.1 Å². The molecule has 0 saturated carbocycles. The number of fused-ring (bicyclic) bond motifs is 1. The van der Waals surface area contributed by atoms with Gasteiger partial charge in [0.15, 0.2) is 0 Å². The quantitative estimate of drug-likeness (QED) is 0.385. The van der Waals surface area contributed by atoms with Crippen molar-refractivity contribution in [2.75, 3.05) is 31.1 Å². The largest absolute Gasteiger partial charge is 0.333 e. The van der Waals surface area contributed by atoms with Gasteiger partial charge in [-0.25, -0.2) is 4.39 Å². The SMILES string of the molecule is CC(C)N1CCCN(C(=O)c2ccccn2)c2cc(F)ccc2CN(C(=O)c2cccc(-n3cnnc3)c2)CC1. The Morgan fingerprint density at radius 3 is 2.45 bits per heavy atom. The Morgan fingerprint density at radius 1 is 0.875 bits per heavy atom. The van der Waals surface area contributed by atoms with E-state index in [9.17, 15) is 14.0 Å². The molecule has 206 valence electrons. The van der Waals surface area contributed by atoms with E-state index in [2.05, 4.69) is 33.9 Å². The number of halogens is 1. The first-order valence-electron chi connectivity index (χ1n) is 13.4. The maximum atomic E-state index is 14.6. The van der Waals surface area contributed by atoms with E-state index < -0.39 is 5.82 Å². The molecule has 0 aliphatic carbocycles. The highest BCUT2D eigenvalue weighted by atomic mass is 19.1. The van der Waals surface area contributed by atoms with Crippen LogP contribution >= 0.6 is 0 Å². The predicted molar refractivity (Wildman–Crippen MR) is 150 cm³/mol. The topological polar surface area (TPSA) is 87.5 Å². The number of benzene rings is 2. The lowest BCUT2D eigenvalue weighted by molar-refractivity contribution is 0.0711. The van der Waals surface area contributed by atoms with Crippen molar-refractivity contribution in [3.05, 3.63) is 102 Å². The fourth-order valence-corrected chi connectivity index (χ4v) is 4.96. The molecule has 0 radical (unpaired) electrons. The van der Waals surface area contributed by atoms with Gasteiger partial charge in [0, 0.05) is 56.2 Å². The Labute approximate surface area is 232 Å². The normalized spacial score (nSPS) is 15.0. The average molecular weight is 542 g/mol. The molecule has 2 amide bonds. The molecule has 1 aliphatic rings. The molecule has 4 aromatic rings. The molecule has 0 spiro atoms. The van der Waals surface area contributed by atoms with Gasteiger partial charge in [0.1, 0.15) is 24.2 Å². The van der Waals surface area contributed by atoms with E-state index in [1.165, 1.54) is 12.1 Å². The number of amides is 2. The third-order valence-corrected chi connectivity index (χ3v) is 7.14. The van der Waals surface area contributed by atoms with E-state index in [1.54, 1.807) is 69.6 Å². The van der Waals surface area contributed by atoms with Gasteiger partial charge in [0.2, 0.25) is 0 Å². The Kier molecular flexibility index (Phi) is 8.26. The molecule has 3 heterocycles. The summed E-state index contributed by atoms with van der Waals surface area (Å²) < 4.78 is 16.4. The second kappa shape index (κ2) is 12.2. The first kappa shape index (κ1) is 27.1. The van der Waals surface area contributed by atoms with Crippen LogP contribution in [0.3, 0.4) is 0 Å². The fourth-order valence-electron chi connectivity index (χ4n) is 4.96. The number of hydrogen-bond acceptors (Lipinski definition) is 6. The molecule has 0 fully saturated rings. The summed E-state index contributed by atoms with van der Waals surface area (Å²) in [4.78, 5) is 37.5. The first-order valence-corrected chi connectivity index (χ1v) is 13.4. The molecule has 2 aromatic carbocycles. The van der Waals surface area contributed by atoms with E-state index in [4.69, 9.17) is 0 Å². The van der Waals surface area contributed by atoms with E-state index in [0.717, 1.165) is 12.2 Å². The van der Waals surface area contributed by atoms with Crippen molar-refractivity contribution in [1.82, 2.24) is 29.5 Å². The lowest BCUT2D eigenvalue weighted by Crippen LogP contribution is -2.41. The van der Waals surface area contributed by atoms with Gasteiger partial charge < -0.3 is 9.80 Å². The summed E-state index contributed by atoms with van der Waals surface area (Å²) >= 11 is 0. The van der Waals surface area contributed by atoms with Crippen LogP contribution in [-0.4, -0.2) is 73.6 Å². The van der Waals surface area contributed by atoms with Crippen LogP contribution in [0.4, 0.5) is 10.1 Å². The highest BCUT2D eigenvalue weighted by molar-refractivity contribution is 6.05. The Balaban J connectivity index is 1.54. The molecule has 0 bridgehead atoms. The third kappa shape index (κ3) is 6.07. The molecule has 10 heteroatoms. The van der Waals surface area contributed by atoms with Crippen molar-refractivity contribution in [2.45, 2.75) is 32.9 Å². The highest BCUT2D eigenvalue weighted by Gasteiger charge is 2.26. The predicted octanol–water partition coefficient (Wildman–Crippen LogP) is 4.20. The van der Waals surface area contributed by atoms with Gasteiger partial charge in [-0.15, -0.1) is 10.2 Å². The van der Waals surface area contributed by atoms with Crippen LogP contribution < -0.4 is 4.90 Å². The maximum absolute atomic E-state index is 14.6. The first-order chi connectivity index (χ1) is 19.4. The second-order valence-electron chi connectivity index (χ2n) is 10.1. The van der Waals surface area contributed by atoms with Gasteiger partial charge >= 0.3 is 0 Å². The van der Waals surface area contributed by atoms with Gasteiger partial charge in [-0.05, 0) is 68.3 Å². The zero-order valence-electron chi connectivity index (χ0n) is 22.7. The van der Waals surface area contributed by atoms with E-state index in [-0.39, 0.29) is 30.1 Å². The number of carbonyl (C=O) groups excluding carboxylic acids is 2. The number of anilines is 1. The van der Waals surface area contributed by atoms with Crippen molar-refractivity contribution < 1.29 is 14.0 Å². The number of aromatic nitrogens is 4. The van der Waals surface area contributed by atoms with Crippen LogP contribution in [0.2, 0.25) is 0 Å². The summed E-state index contributed by atoms with van der Waals surface area (Å²) in [5.74, 6) is -0.908. The summed E-state index contributed by atoms with van der Waals surface area (Å²) in [6.45, 7) is 6.70. The zero-order chi connectivity index (χ0) is 28.1. The van der Waals surface area contributed by atoms with Gasteiger partial charge in [-0.2, -0.15) is 0 Å². The van der Waals surface area contributed by atoms with Crippen molar-refractivity contribution in [2.24, 2.45) is 0 Å². The Morgan fingerprint density at radius 2 is 1.70 bits per heavy atom. The lowest BCUT2D eigenvalue weighted by atomic mass is 10.1. The number of pyridine rings is 1. The summed E-state index contributed by atoms with van der Waals surface area (Å²) in [7, 11) is 0. The van der Waals surface area contributed by atoms with Gasteiger partial charge in [0.05, 0.1) is 5.69 Å². The Bertz CT molecular complexity index is 1460. The maximum Gasteiger partial charge on any atom is 0.276 e. The lowest BCUT2D eigenvalue weighted by Gasteiger charge is -2.30. The van der Waals surface area contributed by atoms with Crippen molar-refractivity contribution >= 4 is 17.5 Å². The molecule has 0 unspecified atom stereocenters. The molecular formula is C30H32FN7O2. The molecule has 0 N–H and O–H groups in total. The molecular weight excluding hydrogens is 509 g/mol. The number of carbonyl (C=O) groups is 2. The molecule has 2 aromatic heterocycles. The minimum Gasteiger partial charge on any atom is -0.333 e. The van der Waals surface area contributed by atoms with Crippen LogP contribution in [0.5, 0.6) is 0 Å². The number of hydrogen-bond donors (Lipinski definition) is 0. The number of rotatable bonds is 4. The van der Waals surface area contributed by atoms with Gasteiger partial charge in [-0.1, -0.05) is 18.2 Å². The van der Waals surface area contributed by atoms with Crippen LogP contribution in [0, 0.1) is 5.82 Å². The molecule has 9 nitrogen and oxygen atoms in total. The molecule has 1 aliphatic heterocycles. The Hall–Kier alpha value is -4.44. The fraction of sp³-hybridized carbons (Fsp3) is 0.300. The van der Waals surface area contributed by atoms with E-state index >= 15 is 0 Å². The molecule has 0 saturated heterocycles. The van der Waals surface area contributed by atoms with Gasteiger partial charge in [0.25, 0.3) is 11.8 Å². The average Bonchev–Trinajstić information content (AvgIpc) is 3.51. The number of nitrogens with zero attached hydrogens (tertiary/aromatic N) is 7. The van der Waals surface area contributed by atoms with E-state index in [0.29, 0.717) is 42.9 Å². The minimum atomic E-state index is -0.448. The van der Waals surface area contributed by atoms with Crippen LogP contribution in [-0.2, 0) is 6.54 Å². The standard InChI is InChI=1S/C30H32FN7O2/c1-22(2)35-13-6-14-38(30(40)27-9-3-4-12-32-27)28-18-25(31)11-10-24(28)19-36(16-15-35)29(39)23-7-5-8-26(17-23)37-20-33-34-21-37/h3-5,7-12,17-18,20-22H,6,13-16,19H2,1-2H3. The van der Waals surface area contributed by atoms with Gasteiger partial charge in [-0.3, -0.25) is 24.0 Å². The minimum absolute atomic E-state index is 0.157. The smallest absolute Gasteiger partial charge is 0.276 e. The van der Waals surface area contributed by atoms with Crippen LogP contribution in [0.15, 0.2) is 79.5 Å². The van der Waals surface area contributed by atoms with Crippen LogP contribution in [0.1, 0.15) is 46.7 Å². The summed E-state index contributed by atoms with van der Waals surface area (Å²) in [5.41, 5.74) is 2.71.